The number of nitrogens with one attached hydrogen (secondary N) is 2. The molecule has 24 heavy (non-hydrogen) atoms. The van der Waals surface area contributed by atoms with E-state index in [1.807, 2.05) is 73.6 Å². The summed E-state index contributed by atoms with van der Waals surface area (Å²) in [6.07, 6.45) is 3.50. The van der Waals surface area contributed by atoms with Crippen LogP contribution in [0.5, 0.6) is 0 Å². The highest BCUT2D eigenvalue weighted by atomic mass is 16.2. The number of carbonyl (C=O) groups is 1. The fourth-order valence-corrected chi connectivity index (χ4v) is 2.66. The van der Waals surface area contributed by atoms with Crippen molar-refractivity contribution >= 4 is 11.6 Å². The number of imidazole rings is 1. The lowest BCUT2D eigenvalue weighted by Gasteiger charge is -2.23. The summed E-state index contributed by atoms with van der Waals surface area (Å²) in [5.74, 6) is 0.750. The van der Waals surface area contributed by atoms with E-state index >= 15 is 0 Å². The van der Waals surface area contributed by atoms with Gasteiger partial charge in [-0.25, -0.2) is 4.98 Å². The number of aromatic nitrogens is 2. The van der Waals surface area contributed by atoms with Crippen molar-refractivity contribution in [3.05, 3.63) is 72.6 Å². The maximum Gasteiger partial charge on any atom is 0.246 e. The van der Waals surface area contributed by atoms with Crippen LogP contribution in [0.4, 0.5) is 5.69 Å². The van der Waals surface area contributed by atoms with Crippen LogP contribution in [0.25, 0.3) is 11.4 Å². The van der Waals surface area contributed by atoms with Gasteiger partial charge in [0.05, 0.1) is 0 Å². The Morgan fingerprint density at radius 1 is 1.08 bits per heavy atom. The van der Waals surface area contributed by atoms with E-state index in [1.54, 1.807) is 12.4 Å². The lowest BCUT2D eigenvalue weighted by Crippen LogP contribution is -2.32. The number of aromatic amines is 1. The van der Waals surface area contributed by atoms with Crippen molar-refractivity contribution in [2.45, 2.75) is 6.04 Å². The number of hydrogen-bond donors (Lipinski definition) is 2. The molecule has 0 bridgehead atoms. The zero-order valence-electron chi connectivity index (χ0n) is 13.7. The third kappa shape index (κ3) is 3.52. The summed E-state index contributed by atoms with van der Waals surface area (Å²) in [6.45, 7) is 0. The fourth-order valence-electron chi connectivity index (χ4n) is 2.66. The van der Waals surface area contributed by atoms with Crippen LogP contribution in [0.1, 0.15) is 11.6 Å². The van der Waals surface area contributed by atoms with Crippen molar-refractivity contribution in [3.8, 4) is 11.4 Å². The average molecular weight is 320 g/mol. The molecule has 5 nitrogen and oxygen atoms in total. The Balaban J connectivity index is 1.75. The van der Waals surface area contributed by atoms with Gasteiger partial charge in [0.25, 0.3) is 0 Å². The zero-order valence-corrected chi connectivity index (χ0v) is 13.7. The van der Waals surface area contributed by atoms with Gasteiger partial charge in [0, 0.05) is 23.6 Å². The number of likely N-dealkylation sites (N-methyl/N-ethyl adjacent to an activating group) is 1. The quantitative estimate of drug-likeness (QED) is 0.758. The third-order valence-corrected chi connectivity index (χ3v) is 3.80. The van der Waals surface area contributed by atoms with E-state index in [1.165, 1.54) is 0 Å². The fraction of sp³-hybridized carbons (Fsp3) is 0.158. The molecule has 1 aromatic heterocycles. The molecule has 1 atom stereocenters. The SMILES string of the molecule is CN(C)[C@H](C(=O)Nc1ccc(-c2ncc[nH]2)cc1)c1ccccc1. The van der Waals surface area contributed by atoms with E-state index in [-0.39, 0.29) is 11.9 Å². The summed E-state index contributed by atoms with van der Waals surface area (Å²) in [6, 6.07) is 17.0. The Hall–Kier alpha value is -2.92. The molecular formula is C19H20N4O. The highest BCUT2D eigenvalue weighted by Crippen LogP contribution is 2.22. The molecule has 0 unspecified atom stereocenters. The Morgan fingerprint density at radius 2 is 1.79 bits per heavy atom. The molecule has 0 saturated heterocycles. The van der Waals surface area contributed by atoms with Gasteiger partial charge in [-0.2, -0.15) is 0 Å². The minimum Gasteiger partial charge on any atom is -0.345 e. The number of nitrogens with zero attached hydrogens (tertiary/aromatic N) is 2. The van der Waals surface area contributed by atoms with Gasteiger partial charge < -0.3 is 10.3 Å². The van der Waals surface area contributed by atoms with Crippen molar-refractivity contribution in [1.82, 2.24) is 14.9 Å². The molecule has 0 spiro atoms. The summed E-state index contributed by atoms with van der Waals surface area (Å²) < 4.78 is 0. The normalized spacial score (nSPS) is 12.1. The molecule has 0 aliphatic heterocycles. The molecule has 122 valence electrons. The van der Waals surface area contributed by atoms with E-state index in [9.17, 15) is 4.79 Å². The molecule has 2 N–H and O–H groups in total. The standard InChI is InChI=1S/C19H20N4O/c1-23(2)17(14-6-4-3-5-7-14)19(24)22-16-10-8-15(9-11-16)18-20-12-13-21-18/h3-13,17H,1-2H3,(H,20,21)(H,22,24)/t17-/m0/s1. The second-order valence-electron chi connectivity index (χ2n) is 5.78. The Bertz CT molecular complexity index is 780. The van der Waals surface area contributed by atoms with Gasteiger partial charge in [0.1, 0.15) is 11.9 Å². The van der Waals surface area contributed by atoms with Crippen molar-refractivity contribution in [2.75, 3.05) is 19.4 Å². The number of anilines is 1. The van der Waals surface area contributed by atoms with E-state index in [2.05, 4.69) is 15.3 Å². The van der Waals surface area contributed by atoms with Gasteiger partial charge in [0.2, 0.25) is 5.91 Å². The molecule has 3 rings (SSSR count). The van der Waals surface area contributed by atoms with Gasteiger partial charge in [-0.15, -0.1) is 0 Å². The number of carbonyl (C=O) groups excluding carboxylic acids is 1. The minimum atomic E-state index is -0.337. The number of benzene rings is 2. The molecule has 2 aromatic carbocycles. The van der Waals surface area contributed by atoms with Gasteiger partial charge in [-0.1, -0.05) is 30.3 Å². The molecule has 1 amide bonds. The molecule has 0 saturated carbocycles. The first kappa shape index (κ1) is 16.0. The topological polar surface area (TPSA) is 61.0 Å². The van der Waals surface area contributed by atoms with Crippen molar-refractivity contribution < 1.29 is 4.79 Å². The van der Waals surface area contributed by atoms with Crippen LogP contribution in [0, 0.1) is 0 Å². The summed E-state index contributed by atoms with van der Waals surface area (Å²) in [5, 5.41) is 2.98. The number of rotatable bonds is 5. The lowest BCUT2D eigenvalue weighted by atomic mass is 10.1. The van der Waals surface area contributed by atoms with Crippen LogP contribution in [-0.4, -0.2) is 34.9 Å². The Kier molecular flexibility index (Phi) is 4.72. The highest BCUT2D eigenvalue weighted by molar-refractivity contribution is 5.95. The van der Waals surface area contributed by atoms with Crippen LogP contribution in [0.3, 0.4) is 0 Å². The Morgan fingerprint density at radius 3 is 2.38 bits per heavy atom. The van der Waals surface area contributed by atoms with E-state index in [4.69, 9.17) is 0 Å². The molecule has 0 radical (unpaired) electrons. The van der Waals surface area contributed by atoms with Gasteiger partial charge in [0.15, 0.2) is 0 Å². The van der Waals surface area contributed by atoms with E-state index < -0.39 is 0 Å². The minimum absolute atomic E-state index is 0.0584. The first-order valence-electron chi connectivity index (χ1n) is 7.77. The molecule has 0 fully saturated rings. The Labute approximate surface area is 141 Å². The summed E-state index contributed by atoms with van der Waals surface area (Å²) in [4.78, 5) is 21.9. The second kappa shape index (κ2) is 7.10. The first-order valence-corrected chi connectivity index (χ1v) is 7.77. The number of H-pyrrole nitrogens is 1. The maximum atomic E-state index is 12.7. The number of amides is 1. The third-order valence-electron chi connectivity index (χ3n) is 3.80. The molecule has 5 heteroatoms. The molecule has 0 aliphatic rings. The summed E-state index contributed by atoms with van der Waals surface area (Å²) in [5.41, 5.74) is 2.70. The largest absolute Gasteiger partial charge is 0.345 e. The van der Waals surface area contributed by atoms with Crippen LogP contribution in [0.2, 0.25) is 0 Å². The van der Waals surface area contributed by atoms with Gasteiger partial charge in [-0.05, 0) is 43.9 Å². The summed E-state index contributed by atoms with van der Waals surface area (Å²) in [7, 11) is 3.80. The van der Waals surface area contributed by atoms with Gasteiger partial charge in [-0.3, -0.25) is 9.69 Å². The van der Waals surface area contributed by atoms with Crippen molar-refractivity contribution in [1.29, 1.82) is 0 Å². The van der Waals surface area contributed by atoms with Crippen LogP contribution in [-0.2, 0) is 4.79 Å². The number of hydrogen-bond acceptors (Lipinski definition) is 3. The maximum absolute atomic E-state index is 12.7. The predicted octanol–water partition coefficient (Wildman–Crippen LogP) is 3.32. The van der Waals surface area contributed by atoms with Crippen LogP contribution in [0.15, 0.2) is 67.0 Å². The molecule has 1 heterocycles. The molecule has 0 aliphatic carbocycles. The van der Waals surface area contributed by atoms with Crippen molar-refractivity contribution in [3.63, 3.8) is 0 Å². The van der Waals surface area contributed by atoms with Crippen LogP contribution >= 0.6 is 0 Å². The molecule has 3 aromatic rings. The smallest absolute Gasteiger partial charge is 0.246 e. The van der Waals surface area contributed by atoms with Crippen molar-refractivity contribution in [2.24, 2.45) is 0 Å². The van der Waals surface area contributed by atoms with E-state index in [0.717, 1.165) is 22.6 Å². The first-order chi connectivity index (χ1) is 11.6. The summed E-state index contributed by atoms with van der Waals surface area (Å²) >= 11 is 0. The average Bonchev–Trinajstić information content (AvgIpc) is 3.11. The second-order valence-corrected chi connectivity index (χ2v) is 5.78. The van der Waals surface area contributed by atoms with Gasteiger partial charge >= 0.3 is 0 Å². The monoisotopic (exact) mass is 320 g/mol. The highest BCUT2D eigenvalue weighted by Gasteiger charge is 2.22. The van der Waals surface area contributed by atoms with Crippen LogP contribution < -0.4 is 5.32 Å². The molecular weight excluding hydrogens is 300 g/mol. The zero-order chi connectivity index (χ0) is 16.9. The predicted molar refractivity (Wildman–Crippen MR) is 95.5 cm³/mol. The lowest BCUT2D eigenvalue weighted by molar-refractivity contribution is -0.120. The van der Waals surface area contributed by atoms with E-state index in [0.29, 0.717) is 0 Å².